The first-order valence-electron chi connectivity index (χ1n) is 10.4. The third kappa shape index (κ3) is 4.69. The van der Waals surface area contributed by atoms with Crippen molar-refractivity contribution < 1.29 is 22.7 Å². The average Bonchev–Trinajstić information content (AvgIpc) is 3.08. The molecule has 1 aromatic heterocycles. The van der Waals surface area contributed by atoms with E-state index in [2.05, 4.69) is 10.3 Å². The number of ether oxygens (including phenoxy) is 1. The van der Waals surface area contributed by atoms with Crippen molar-refractivity contribution in [2.24, 2.45) is 5.92 Å². The van der Waals surface area contributed by atoms with Gasteiger partial charge in [-0.1, -0.05) is 6.07 Å². The molecular weight excluding hydrogens is 432 g/mol. The summed E-state index contributed by atoms with van der Waals surface area (Å²) in [7, 11) is -4.04. The number of carbonyl (C=O) groups is 2. The molecule has 0 spiro atoms. The molecular formula is C22H26N4O5S. The summed E-state index contributed by atoms with van der Waals surface area (Å²) in [4.78, 5) is 28.1. The Morgan fingerprint density at radius 1 is 1.31 bits per heavy atom. The second kappa shape index (κ2) is 9.54. The normalized spacial score (nSPS) is 16.9. The topological polar surface area (TPSA) is 132 Å². The number of benzene rings is 1. The van der Waals surface area contributed by atoms with E-state index in [-0.39, 0.29) is 36.1 Å². The van der Waals surface area contributed by atoms with Gasteiger partial charge in [-0.15, -0.1) is 0 Å². The largest absolute Gasteiger partial charge is 0.462 e. The van der Waals surface area contributed by atoms with Crippen LogP contribution < -0.4 is 5.32 Å². The van der Waals surface area contributed by atoms with Crippen molar-refractivity contribution in [2.75, 3.05) is 25.0 Å². The summed E-state index contributed by atoms with van der Waals surface area (Å²) in [6.07, 6.45) is 1.04. The van der Waals surface area contributed by atoms with Gasteiger partial charge in [0.05, 0.1) is 24.2 Å². The molecule has 1 aliphatic heterocycles. The molecule has 1 atom stereocenters. The molecule has 9 nitrogen and oxygen atoms in total. The highest BCUT2D eigenvalue weighted by Crippen LogP contribution is 2.31. The van der Waals surface area contributed by atoms with Gasteiger partial charge >= 0.3 is 5.97 Å². The maximum Gasteiger partial charge on any atom is 0.341 e. The number of nitrogens with one attached hydrogen (secondary N) is 2. The number of carbonyl (C=O) groups excluding carboxylic acids is 2. The van der Waals surface area contributed by atoms with Gasteiger partial charge in [0.2, 0.25) is 15.9 Å². The van der Waals surface area contributed by atoms with Crippen molar-refractivity contribution in [3.05, 3.63) is 46.8 Å². The quantitative estimate of drug-likeness (QED) is 0.640. The number of hydrogen-bond acceptors (Lipinski definition) is 6. The Balaban J connectivity index is 1.84. The summed E-state index contributed by atoms with van der Waals surface area (Å²) in [5.74, 6) is -1.57. The lowest BCUT2D eigenvalue weighted by atomic mass is 9.98. The lowest BCUT2D eigenvalue weighted by Crippen LogP contribution is -2.44. The van der Waals surface area contributed by atoms with Gasteiger partial charge in [-0.05, 0) is 51.8 Å². The van der Waals surface area contributed by atoms with Crippen LogP contribution >= 0.6 is 0 Å². The number of aromatic nitrogens is 1. The first kappa shape index (κ1) is 23.5. The van der Waals surface area contributed by atoms with Crippen molar-refractivity contribution in [1.82, 2.24) is 9.29 Å². The molecule has 1 aromatic carbocycles. The van der Waals surface area contributed by atoms with E-state index in [1.165, 1.54) is 4.31 Å². The van der Waals surface area contributed by atoms with E-state index in [4.69, 9.17) is 10.00 Å². The molecule has 2 aromatic rings. The van der Waals surface area contributed by atoms with Crippen LogP contribution in [-0.2, 0) is 19.6 Å². The average molecular weight is 459 g/mol. The molecule has 0 radical (unpaired) electrons. The molecule has 2 heterocycles. The van der Waals surface area contributed by atoms with Gasteiger partial charge < -0.3 is 15.0 Å². The second-order valence-electron chi connectivity index (χ2n) is 7.68. The number of sulfonamides is 1. The van der Waals surface area contributed by atoms with E-state index < -0.39 is 21.9 Å². The zero-order valence-corrected chi connectivity index (χ0v) is 19.1. The minimum absolute atomic E-state index is 0.00194. The molecule has 0 aliphatic carbocycles. The van der Waals surface area contributed by atoms with Crippen molar-refractivity contribution in [3.63, 3.8) is 0 Å². The lowest BCUT2D eigenvalue weighted by Gasteiger charge is -2.31. The number of anilines is 1. The van der Waals surface area contributed by atoms with Gasteiger partial charge in [-0.3, -0.25) is 4.79 Å². The molecule has 1 amide bonds. The van der Waals surface area contributed by atoms with Crippen LogP contribution in [0.5, 0.6) is 0 Å². The fraction of sp³-hybridized carbons (Fsp3) is 0.409. The maximum atomic E-state index is 13.5. The standard InChI is InChI=1S/C22H26N4O5S/c1-4-31-22(28)19-14(2)24-15(3)20(19)32(29,30)26-10-6-8-17(13-26)21(27)25-18-9-5-7-16(11-18)12-23/h5,7,9,11,17,24H,4,6,8,10,13H2,1-3H3,(H,25,27)/t17-/m1/s1. The Hall–Kier alpha value is -3.16. The van der Waals surface area contributed by atoms with Crippen LogP contribution in [0.2, 0.25) is 0 Å². The van der Waals surface area contributed by atoms with Gasteiger partial charge in [0.15, 0.2) is 0 Å². The smallest absolute Gasteiger partial charge is 0.341 e. The van der Waals surface area contributed by atoms with Crippen molar-refractivity contribution in [1.29, 1.82) is 5.26 Å². The predicted octanol–water partition coefficient (Wildman–Crippen LogP) is 2.72. The van der Waals surface area contributed by atoms with Gasteiger partial charge in [0.1, 0.15) is 10.5 Å². The first-order chi connectivity index (χ1) is 15.2. The van der Waals surface area contributed by atoms with Gasteiger partial charge in [0, 0.05) is 30.2 Å². The SMILES string of the molecule is CCOC(=O)c1c(C)[nH]c(C)c1S(=O)(=O)N1CCC[C@@H](C(=O)Nc2cccc(C#N)c2)C1. The summed E-state index contributed by atoms with van der Waals surface area (Å²) in [6.45, 7) is 5.25. The number of aryl methyl sites for hydroxylation is 2. The molecule has 3 rings (SSSR count). The van der Waals surface area contributed by atoms with Crippen molar-refractivity contribution in [3.8, 4) is 6.07 Å². The number of rotatable bonds is 6. The number of amides is 1. The second-order valence-corrected chi connectivity index (χ2v) is 9.56. The Kier molecular flexibility index (Phi) is 7.01. The van der Waals surface area contributed by atoms with Crippen LogP contribution in [0.15, 0.2) is 29.2 Å². The summed E-state index contributed by atoms with van der Waals surface area (Å²) in [6, 6.07) is 8.55. The van der Waals surface area contributed by atoms with Gasteiger partial charge in [-0.2, -0.15) is 9.57 Å². The summed E-state index contributed by atoms with van der Waals surface area (Å²) in [5, 5.41) is 11.8. The minimum atomic E-state index is -4.04. The van der Waals surface area contributed by atoms with Gasteiger partial charge in [-0.25, -0.2) is 13.2 Å². The predicted molar refractivity (Wildman–Crippen MR) is 117 cm³/mol. The first-order valence-corrected chi connectivity index (χ1v) is 11.8. The highest BCUT2D eigenvalue weighted by molar-refractivity contribution is 7.89. The summed E-state index contributed by atoms with van der Waals surface area (Å²) < 4.78 is 33.3. The molecule has 2 N–H and O–H groups in total. The number of esters is 1. The molecule has 170 valence electrons. The zero-order valence-electron chi connectivity index (χ0n) is 18.3. The maximum absolute atomic E-state index is 13.5. The Morgan fingerprint density at radius 3 is 2.75 bits per heavy atom. The Bertz CT molecular complexity index is 1180. The molecule has 10 heteroatoms. The van der Waals surface area contributed by atoms with Crippen molar-refractivity contribution >= 4 is 27.6 Å². The number of aromatic amines is 1. The lowest BCUT2D eigenvalue weighted by molar-refractivity contribution is -0.120. The van der Waals surface area contributed by atoms with Crippen LogP contribution in [-0.4, -0.2) is 49.3 Å². The van der Waals surface area contributed by atoms with Crippen LogP contribution in [0.25, 0.3) is 0 Å². The van der Waals surface area contributed by atoms with Crippen LogP contribution in [0.1, 0.15) is 47.1 Å². The fourth-order valence-corrected chi connectivity index (χ4v) is 5.88. The molecule has 0 unspecified atom stereocenters. The summed E-state index contributed by atoms with van der Waals surface area (Å²) >= 11 is 0. The fourth-order valence-electron chi connectivity index (χ4n) is 3.94. The summed E-state index contributed by atoms with van der Waals surface area (Å²) in [5.41, 5.74) is 1.68. The van der Waals surface area contributed by atoms with Crippen LogP contribution in [0.3, 0.4) is 0 Å². The molecule has 32 heavy (non-hydrogen) atoms. The van der Waals surface area contributed by atoms with E-state index >= 15 is 0 Å². The zero-order chi connectivity index (χ0) is 23.5. The molecule has 0 bridgehead atoms. The monoisotopic (exact) mass is 458 g/mol. The minimum Gasteiger partial charge on any atom is -0.462 e. The van der Waals surface area contributed by atoms with E-state index in [0.717, 1.165) is 0 Å². The number of H-pyrrole nitrogens is 1. The Labute approximate surface area is 187 Å². The highest BCUT2D eigenvalue weighted by Gasteiger charge is 2.38. The number of nitriles is 1. The number of hydrogen-bond donors (Lipinski definition) is 2. The van der Waals surface area contributed by atoms with E-state index in [9.17, 15) is 18.0 Å². The third-order valence-corrected chi connectivity index (χ3v) is 7.45. The molecule has 1 saturated heterocycles. The Morgan fingerprint density at radius 2 is 2.06 bits per heavy atom. The van der Waals surface area contributed by atoms with E-state index in [1.807, 2.05) is 6.07 Å². The highest BCUT2D eigenvalue weighted by atomic mass is 32.2. The van der Waals surface area contributed by atoms with Crippen LogP contribution in [0.4, 0.5) is 5.69 Å². The molecule has 1 aliphatic rings. The molecule has 0 saturated carbocycles. The number of nitrogens with zero attached hydrogens (tertiary/aromatic N) is 2. The van der Waals surface area contributed by atoms with E-state index in [0.29, 0.717) is 35.5 Å². The number of piperidine rings is 1. The van der Waals surface area contributed by atoms with E-state index in [1.54, 1.807) is 45.0 Å². The molecule has 1 fully saturated rings. The van der Waals surface area contributed by atoms with Crippen molar-refractivity contribution in [2.45, 2.75) is 38.5 Å². The van der Waals surface area contributed by atoms with Crippen LogP contribution in [0, 0.1) is 31.1 Å². The van der Waals surface area contributed by atoms with Gasteiger partial charge in [0.25, 0.3) is 0 Å². The third-order valence-electron chi connectivity index (χ3n) is 5.41.